The first-order valence-electron chi connectivity index (χ1n) is 9.45. The Morgan fingerprint density at radius 1 is 0.414 bits per heavy atom. The second kappa shape index (κ2) is 9.76. The molecule has 0 aliphatic carbocycles. The van der Waals surface area contributed by atoms with E-state index in [1.54, 1.807) is 0 Å². The molecule has 1 nitrogen and oxygen atoms in total. The molecule has 0 atom stereocenters. The maximum absolute atomic E-state index is 6.04. The van der Waals surface area contributed by atoms with Crippen LogP contribution in [-0.2, 0) is 0 Å². The summed E-state index contributed by atoms with van der Waals surface area (Å²) in [5, 5.41) is 0. The van der Waals surface area contributed by atoms with Gasteiger partial charge in [-0.15, -0.1) is 0 Å². The minimum atomic E-state index is -0.141. The number of hydrogen-bond acceptors (Lipinski definition) is 1. The van der Waals surface area contributed by atoms with Gasteiger partial charge in [-0.05, 0) is 86.6 Å². The summed E-state index contributed by atoms with van der Waals surface area (Å²) >= 11 is -0.282. The van der Waals surface area contributed by atoms with Crippen LogP contribution in [0.4, 0.5) is 0 Å². The number of aryl methyl sites for hydroxylation is 2. The predicted molar refractivity (Wildman–Crippen MR) is 110 cm³/mol. The van der Waals surface area contributed by atoms with E-state index in [9.17, 15) is 0 Å². The van der Waals surface area contributed by atoms with Gasteiger partial charge in [0.15, 0.2) is 14.3 Å². The summed E-state index contributed by atoms with van der Waals surface area (Å²) in [4.78, 5) is 0. The summed E-state index contributed by atoms with van der Waals surface area (Å²) in [5.41, 5.74) is 2.63. The lowest BCUT2D eigenvalue weighted by Gasteiger charge is -2.04. The Hall–Kier alpha value is -1.86. The molecule has 144 valence electrons. The lowest BCUT2D eigenvalue weighted by atomic mass is 10.2. The molecule has 0 N–H and O–H groups in total. The first-order chi connectivity index (χ1) is 14.1. The fourth-order valence-electron chi connectivity index (χ4n) is 2.71. The number of benzene rings is 4. The van der Waals surface area contributed by atoms with Crippen molar-refractivity contribution < 1.29 is 47.1 Å². The highest BCUT2D eigenvalue weighted by atomic mass is 127. The molecule has 4 aromatic rings. The molecule has 0 saturated carbocycles. The Morgan fingerprint density at radius 2 is 0.690 bits per heavy atom. The normalized spacial score (nSPS) is 10.7. The summed E-state index contributed by atoms with van der Waals surface area (Å²) in [6.07, 6.45) is 0. The van der Waals surface area contributed by atoms with Crippen molar-refractivity contribution in [1.29, 1.82) is 0 Å². The summed E-state index contributed by atoms with van der Waals surface area (Å²) in [5.74, 6) is 1.78. The quantitative estimate of drug-likeness (QED) is 0.289. The van der Waals surface area contributed by atoms with Crippen LogP contribution in [0.1, 0.15) is 11.1 Å². The van der Waals surface area contributed by atoms with Gasteiger partial charge in [0, 0.05) is 0 Å². The van der Waals surface area contributed by atoms with Crippen molar-refractivity contribution in [2.45, 2.75) is 13.8 Å². The average molecular weight is 604 g/mol. The maximum atomic E-state index is 6.04. The van der Waals surface area contributed by atoms with Crippen molar-refractivity contribution in [3.63, 3.8) is 0 Å². The van der Waals surface area contributed by atoms with Gasteiger partial charge in [-0.3, -0.25) is 0 Å². The molecule has 0 unspecified atom stereocenters. The van der Waals surface area contributed by atoms with Crippen LogP contribution in [0.2, 0.25) is 0 Å². The zero-order valence-electron chi connectivity index (χ0n) is 16.4. The summed E-state index contributed by atoms with van der Waals surface area (Å²) < 4.78 is 11.7. The van der Waals surface area contributed by atoms with E-state index in [1.165, 1.54) is 25.4 Å². The molecule has 0 aliphatic rings. The topological polar surface area (TPSA) is 9.23 Å². The van der Waals surface area contributed by atoms with Gasteiger partial charge in [-0.1, -0.05) is 35.4 Å². The minimum Gasteiger partial charge on any atom is -0.457 e. The zero-order chi connectivity index (χ0) is 20.1. The van der Waals surface area contributed by atoms with Crippen molar-refractivity contribution in [3.05, 3.63) is 122 Å². The molecule has 0 aromatic heterocycles. The Labute approximate surface area is 193 Å². The van der Waals surface area contributed by atoms with E-state index < -0.39 is 0 Å². The first kappa shape index (κ1) is 20.4. The largest absolute Gasteiger partial charge is 0.457 e. The van der Waals surface area contributed by atoms with Crippen LogP contribution in [0.15, 0.2) is 97.1 Å². The van der Waals surface area contributed by atoms with Crippen LogP contribution in [-0.4, -0.2) is 0 Å². The number of hydrogen-bond donors (Lipinski definition) is 0. The Kier molecular flexibility index (Phi) is 6.87. The minimum absolute atomic E-state index is 0.141. The van der Waals surface area contributed by atoms with Gasteiger partial charge in [0.05, 0.1) is 0 Å². The number of ether oxygens (including phenoxy) is 1. The Bertz CT molecular complexity index is 963. The average Bonchev–Trinajstić information content (AvgIpc) is 2.74. The van der Waals surface area contributed by atoms with Gasteiger partial charge in [0.2, 0.25) is 0 Å². The molecule has 0 fully saturated rings. The number of rotatable bonds is 6. The van der Waals surface area contributed by atoms with E-state index in [2.05, 4.69) is 111 Å². The smallest absolute Gasteiger partial charge is 0.357 e. The van der Waals surface area contributed by atoms with Crippen molar-refractivity contribution in [2.75, 3.05) is 0 Å². The lowest BCUT2D eigenvalue weighted by Crippen LogP contribution is -3.61. The molecule has 29 heavy (non-hydrogen) atoms. The molecule has 0 spiro atoms. The number of halogens is 2. The molecular weight excluding hydrogens is 582 g/mol. The fourth-order valence-corrected chi connectivity index (χ4v) is 7.03. The highest BCUT2D eigenvalue weighted by Gasteiger charge is 2.16. The second-order valence-corrected chi connectivity index (χ2v) is 12.9. The molecule has 0 aliphatic heterocycles. The Balaban J connectivity index is 1.36. The van der Waals surface area contributed by atoms with E-state index in [0.29, 0.717) is 0 Å². The maximum Gasteiger partial charge on any atom is 0.357 e. The fraction of sp³-hybridized carbons (Fsp3) is 0.0769. The molecule has 4 aromatic carbocycles. The lowest BCUT2D eigenvalue weighted by molar-refractivity contribution is -0.597. The Morgan fingerprint density at radius 3 is 1.00 bits per heavy atom. The summed E-state index contributed by atoms with van der Waals surface area (Å²) in [7, 11) is 0. The van der Waals surface area contributed by atoms with E-state index in [0.717, 1.165) is 11.5 Å². The van der Waals surface area contributed by atoms with Crippen LogP contribution in [0.3, 0.4) is 0 Å². The SMILES string of the molecule is Cc1ccc([I+]c2ccc(Oc3ccc([I+]c4ccc(C)cc4)cc3)cc2)cc1. The summed E-state index contributed by atoms with van der Waals surface area (Å²) in [6, 6.07) is 34.8. The molecule has 3 heteroatoms. The zero-order valence-corrected chi connectivity index (χ0v) is 20.7. The molecule has 0 amide bonds. The van der Waals surface area contributed by atoms with Crippen LogP contribution in [0, 0.1) is 28.1 Å². The van der Waals surface area contributed by atoms with Crippen molar-refractivity contribution in [2.24, 2.45) is 0 Å². The van der Waals surface area contributed by atoms with Crippen LogP contribution in [0.25, 0.3) is 0 Å². The molecule has 0 radical (unpaired) electrons. The van der Waals surface area contributed by atoms with Crippen LogP contribution in [0.5, 0.6) is 11.5 Å². The van der Waals surface area contributed by atoms with Crippen molar-refractivity contribution in [1.82, 2.24) is 0 Å². The van der Waals surface area contributed by atoms with Gasteiger partial charge in [-0.25, -0.2) is 0 Å². The van der Waals surface area contributed by atoms with Crippen LogP contribution < -0.4 is 47.1 Å². The van der Waals surface area contributed by atoms with Gasteiger partial charge in [0.1, 0.15) is 11.5 Å². The predicted octanol–water partition coefficient (Wildman–Crippen LogP) is 0.353. The monoisotopic (exact) mass is 604 g/mol. The summed E-state index contributed by atoms with van der Waals surface area (Å²) in [6.45, 7) is 4.26. The molecule has 4 rings (SSSR count). The van der Waals surface area contributed by atoms with Gasteiger partial charge >= 0.3 is 42.4 Å². The standard InChI is InChI=1S/C26H22I2O/c1-19-3-7-21(8-4-19)27-23-11-15-25(16-12-23)29-26-17-13-24(14-18-26)28-22-9-5-20(2)6-10-22/h3-18H,1-2H3/q+2. The van der Waals surface area contributed by atoms with Gasteiger partial charge in [-0.2, -0.15) is 0 Å². The highest BCUT2D eigenvalue weighted by Crippen LogP contribution is 2.19. The van der Waals surface area contributed by atoms with Crippen LogP contribution >= 0.6 is 0 Å². The van der Waals surface area contributed by atoms with Gasteiger partial charge in [0.25, 0.3) is 0 Å². The first-order valence-corrected chi connectivity index (χ1v) is 13.8. The van der Waals surface area contributed by atoms with Gasteiger partial charge < -0.3 is 4.74 Å². The molecular formula is C26H22I2O+2. The van der Waals surface area contributed by atoms with Crippen molar-refractivity contribution in [3.8, 4) is 11.5 Å². The van der Waals surface area contributed by atoms with E-state index in [4.69, 9.17) is 4.74 Å². The third-order valence-electron chi connectivity index (χ3n) is 4.32. The van der Waals surface area contributed by atoms with E-state index in [1.807, 2.05) is 0 Å². The highest BCUT2D eigenvalue weighted by molar-refractivity contribution is 5.30. The third kappa shape index (κ3) is 6.06. The molecule has 0 bridgehead atoms. The second-order valence-electron chi connectivity index (χ2n) is 6.79. The third-order valence-corrected chi connectivity index (χ3v) is 9.69. The van der Waals surface area contributed by atoms with Crippen molar-refractivity contribution >= 4 is 0 Å². The van der Waals surface area contributed by atoms with E-state index >= 15 is 0 Å². The molecule has 0 saturated heterocycles. The van der Waals surface area contributed by atoms with E-state index in [-0.39, 0.29) is 42.4 Å². The molecule has 0 heterocycles.